The molecule has 0 atom stereocenters. The summed E-state index contributed by atoms with van der Waals surface area (Å²) in [6.45, 7) is 1.82. The Morgan fingerprint density at radius 1 is 1.25 bits per heavy atom. The summed E-state index contributed by atoms with van der Waals surface area (Å²) in [6.07, 6.45) is 5.41. The molecule has 0 aliphatic heterocycles. The van der Waals surface area contributed by atoms with Crippen molar-refractivity contribution in [2.45, 2.75) is 39.0 Å². The van der Waals surface area contributed by atoms with E-state index in [1.165, 1.54) is 6.42 Å². The molecule has 2 rings (SSSR count). The second-order valence-electron chi connectivity index (χ2n) is 4.22. The van der Waals surface area contributed by atoms with Crippen molar-refractivity contribution in [3.8, 4) is 0 Å². The van der Waals surface area contributed by atoms with Crippen molar-refractivity contribution >= 4 is 17.4 Å². The largest absolute Gasteiger partial charge is 0.458 e. The zero-order valence-corrected chi connectivity index (χ0v) is 10.1. The smallest absolute Gasteiger partial charge is 0.239 e. The lowest BCUT2D eigenvalue weighted by molar-refractivity contribution is 0.101. The molecule has 1 saturated carbocycles. The number of furan rings is 1. The topological polar surface area (TPSA) is 30.2 Å². The summed E-state index contributed by atoms with van der Waals surface area (Å²) in [5.41, 5.74) is 1.09. The highest BCUT2D eigenvalue weighted by molar-refractivity contribution is 6.45. The number of carbonyl (C=O) groups excluding carboxylic acids is 1. The summed E-state index contributed by atoms with van der Waals surface area (Å²) in [6, 6.07) is 3.46. The number of ketones is 1. The van der Waals surface area contributed by atoms with Gasteiger partial charge in [-0.2, -0.15) is 0 Å². The normalized spacial score (nSPS) is 16.2. The fourth-order valence-corrected chi connectivity index (χ4v) is 2.31. The van der Waals surface area contributed by atoms with Crippen molar-refractivity contribution in [3.05, 3.63) is 34.3 Å². The SMILES string of the molecule is Cc1ccc(C(=O)C(Cl)=C2CCCCC2)o1. The van der Waals surface area contributed by atoms with Crippen molar-refractivity contribution in [2.75, 3.05) is 0 Å². The van der Waals surface area contributed by atoms with Crippen LogP contribution in [0.4, 0.5) is 0 Å². The third-order valence-corrected chi connectivity index (χ3v) is 3.37. The van der Waals surface area contributed by atoms with Crippen molar-refractivity contribution in [2.24, 2.45) is 0 Å². The molecule has 0 amide bonds. The molecule has 0 bridgehead atoms. The Balaban J connectivity index is 2.20. The number of aryl methyl sites for hydroxylation is 1. The molecule has 0 radical (unpaired) electrons. The number of carbonyl (C=O) groups is 1. The predicted molar refractivity (Wildman–Crippen MR) is 63.7 cm³/mol. The monoisotopic (exact) mass is 238 g/mol. The molecule has 1 aliphatic carbocycles. The minimum atomic E-state index is -0.174. The number of rotatable bonds is 2. The molecular weight excluding hydrogens is 224 g/mol. The lowest BCUT2D eigenvalue weighted by atomic mass is 9.93. The van der Waals surface area contributed by atoms with Gasteiger partial charge in [-0.3, -0.25) is 4.79 Å². The Kier molecular flexibility index (Phi) is 3.49. The van der Waals surface area contributed by atoms with Crippen LogP contribution in [-0.2, 0) is 0 Å². The third kappa shape index (κ3) is 2.38. The Morgan fingerprint density at radius 2 is 1.94 bits per heavy atom. The minimum Gasteiger partial charge on any atom is -0.458 e. The fourth-order valence-electron chi connectivity index (χ4n) is 2.02. The average molecular weight is 239 g/mol. The standard InChI is InChI=1S/C13H15ClO2/c1-9-7-8-11(16-9)13(15)12(14)10-5-3-2-4-6-10/h7-8H,2-6H2,1H3. The molecule has 1 aliphatic rings. The molecular formula is C13H15ClO2. The van der Waals surface area contributed by atoms with E-state index in [1.54, 1.807) is 12.1 Å². The minimum absolute atomic E-state index is 0.174. The summed E-state index contributed by atoms with van der Waals surface area (Å²) >= 11 is 6.12. The lowest BCUT2D eigenvalue weighted by Crippen LogP contribution is -2.04. The molecule has 16 heavy (non-hydrogen) atoms. The van der Waals surface area contributed by atoms with Crippen LogP contribution in [0.3, 0.4) is 0 Å². The van der Waals surface area contributed by atoms with Crippen LogP contribution in [0.2, 0.25) is 0 Å². The zero-order chi connectivity index (χ0) is 11.5. The molecule has 1 heterocycles. The van der Waals surface area contributed by atoms with Gasteiger partial charge in [0.25, 0.3) is 0 Å². The molecule has 0 unspecified atom stereocenters. The van der Waals surface area contributed by atoms with E-state index in [-0.39, 0.29) is 5.78 Å². The molecule has 0 spiro atoms. The van der Waals surface area contributed by atoms with Gasteiger partial charge in [-0.05, 0) is 50.3 Å². The van der Waals surface area contributed by atoms with Gasteiger partial charge in [0.05, 0.1) is 5.03 Å². The van der Waals surface area contributed by atoms with Gasteiger partial charge in [-0.15, -0.1) is 0 Å². The van der Waals surface area contributed by atoms with Crippen LogP contribution in [0, 0.1) is 6.92 Å². The van der Waals surface area contributed by atoms with Crippen molar-refractivity contribution < 1.29 is 9.21 Å². The molecule has 0 saturated heterocycles. The van der Waals surface area contributed by atoms with E-state index in [0.717, 1.165) is 37.0 Å². The maximum absolute atomic E-state index is 12.0. The maximum atomic E-state index is 12.0. The van der Waals surface area contributed by atoms with Crippen LogP contribution in [0.1, 0.15) is 48.4 Å². The van der Waals surface area contributed by atoms with E-state index in [0.29, 0.717) is 10.8 Å². The van der Waals surface area contributed by atoms with Crippen molar-refractivity contribution in [1.82, 2.24) is 0 Å². The van der Waals surface area contributed by atoms with E-state index in [4.69, 9.17) is 16.0 Å². The Labute approximate surface area is 100 Å². The number of hydrogen-bond donors (Lipinski definition) is 0. The summed E-state index contributed by atoms with van der Waals surface area (Å²) in [5, 5.41) is 0.369. The summed E-state index contributed by atoms with van der Waals surface area (Å²) in [7, 11) is 0. The Hall–Kier alpha value is -1.02. The maximum Gasteiger partial charge on any atom is 0.239 e. The Morgan fingerprint density at radius 3 is 2.50 bits per heavy atom. The van der Waals surface area contributed by atoms with Gasteiger partial charge < -0.3 is 4.42 Å². The van der Waals surface area contributed by atoms with Gasteiger partial charge in [-0.25, -0.2) is 0 Å². The second-order valence-corrected chi connectivity index (χ2v) is 4.60. The highest BCUT2D eigenvalue weighted by Crippen LogP contribution is 2.29. The van der Waals surface area contributed by atoms with Crippen LogP contribution in [-0.4, -0.2) is 5.78 Å². The Bertz CT molecular complexity index is 421. The molecule has 1 aromatic heterocycles. The van der Waals surface area contributed by atoms with Crippen LogP contribution in [0.15, 0.2) is 27.2 Å². The first-order valence-corrected chi connectivity index (χ1v) is 6.05. The quantitative estimate of drug-likeness (QED) is 0.570. The highest BCUT2D eigenvalue weighted by Gasteiger charge is 2.19. The highest BCUT2D eigenvalue weighted by atomic mass is 35.5. The molecule has 3 heteroatoms. The molecule has 86 valence electrons. The van der Waals surface area contributed by atoms with E-state index < -0.39 is 0 Å². The van der Waals surface area contributed by atoms with Gasteiger partial charge in [0, 0.05) is 0 Å². The first-order chi connectivity index (χ1) is 7.68. The predicted octanol–water partition coefficient (Wildman–Crippen LogP) is 4.23. The number of halogens is 1. The van der Waals surface area contributed by atoms with Gasteiger partial charge in [0.15, 0.2) is 5.76 Å². The fraction of sp³-hybridized carbons (Fsp3) is 0.462. The molecule has 1 aromatic rings. The van der Waals surface area contributed by atoms with E-state index in [9.17, 15) is 4.79 Å². The summed E-state index contributed by atoms with van der Waals surface area (Å²) in [5.74, 6) is 0.911. The van der Waals surface area contributed by atoms with E-state index in [2.05, 4.69) is 0 Å². The lowest BCUT2D eigenvalue weighted by Gasteiger charge is -2.14. The van der Waals surface area contributed by atoms with E-state index >= 15 is 0 Å². The summed E-state index contributed by atoms with van der Waals surface area (Å²) < 4.78 is 5.29. The third-order valence-electron chi connectivity index (χ3n) is 2.93. The number of Topliss-reactive ketones (excluding diaryl/α,β-unsaturated/α-hetero) is 1. The van der Waals surface area contributed by atoms with Crippen LogP contribution in [0.5, 0.6) is 0 Å². The van der Waals surface area contributed by atoms with Gasteiger partial charge in [0.1, 0.15) is 5.76 Å². The number of hydrogen-bond acceptors (Lipinski definition) is 2. The molecule has 0 N–H and O–H groups in total. The number of allylic oxidation sites excluding steroid dienone is 2. The van der Waals surface area contributed by atoms with Crippen LogP contribution >= 0.6 is 11.6 Å². The molecule has 1 fully saturated rings. The van der Waals surface area contributed by atoms with Gasteiger partial charge in [-0.1, -0.05) is 18.0 Å². The van der Waals surface area contributed by atoms with E-state index in [1.807, 2.05) is 6.92 Å². The summed E-state index contributed by atoms with van der Waals surface area (Å²) in [4.78, 5) is 12.0. The molecule has 2 nitrogen and oxygen atoms in total. The van der Waals surface area contributed by atoms with Crippen molar-refractivity contribution in [3.63, 3.8) is 0 Å². The van der Waals surface area contributed by atoms with Gasteiger partial charge >= 0.3 is 0 Å². The zero-order valence-electron chi connectivity index (χ0n) is 9.38. The van der Waals surface area contributed by atoms with Crippen molar-refractivity contribution in [1.29, 1.82) is 0 Å². The first-order valence-electron chi connectivity index (χ1n) is 5.67. The van der Waals surface area contributed by atoms with Crippen LogP contribution < -0.4 is 0 Å². The molecule has 0 aromatic carbocycles. The van der Waals surface area contributed by atoms with Gasteiger partial charge in [0.2, 0.25) is 5.78 Å². The second kappa shape index (κ2) is 4.88. The first kappa shape index (κ1) is 11.5. The average Bonchev–Trinajstić information content (AvgIpc) is 2.75. The van der Waals surface area contributed by atoms with Crippen LogP contribution in [0.25, 0.3) is 0 Å².